The number of ketones is 1. The van der Waals surface area contributed by atoms with Crippen LogP contribution in [0.25, 0.3) is 5.57 Å². The van der Waals surface area contributed by atoms with Gasteiger partial charge in [0.15, 0.2) is 5.78 Å². The summed E-state index contributed by atoms with van der Waals surface area (Å²) >= 11 is 0. The molecule has 0 saturated heterocycles. The first-order valence-corrected chi connectivity index (χ1v) is 3.84. The molecule has 0 bridgehead atoms. The van der Waals surface area contributed by atoms with E-state index in [1.165, 1.54) is 0 Å². The smallest absolute Gasteiger partial charge is 0.168 e. The Hall–Kier alpha value is -1.59. The first-order chi connectivity index (χ1) is 5.83. The van der Waals surface area contributed by atoms with Gasteiger partial charge in [0, 0.05) is 17.6 Å². The lowest BCUT2D eigenvalue weighted by Crippen LogP contribution is -1.88. The Morgan fingerprint density at radius 1 is 1.25 bits per heavy atom. The predicted octanol–water partition coefficient (Wildman–Crippen LogP) is 2.44. The largest absolute Gasteiger partial charge is 0.294 e. The molecule has 1 aromatic rings. The highest BCUT2D eigenvalue weighted by Crippen LogP contribution is 2.30. The topological polar surface area (TPSA) is 17.1 Å². The van der Waals surface area contributed by atoms with E-state index in [1.807, 2.05) is 24.3 Å². The molecule has 12 heavy (non-hydrogen) atoms. The van der Waals surface area contributed by atoms with Gasteiger partial charge in [0.2, 0.25) is 0 Å². The van der Waals surface area contributed by atoms with E-state index in [-0.39, 0.29) is 5.78 Å². The Kier molecular flexibility index (Phi) is 1.46. The second kappa shape index (κ2) is 2.47. The van der Waals surface area contributed by atoms with Crippen molar-refractivity contribution in [1.82, 2.24) is 0 Å². The molecule has 1 aliphatic rings. The first kappa shape index (κ1) is 7.08. The molecule has 1 nitrogen and oxygen atoms in total. The maximum Gasteiger partial charge on any atom is 0.168 e. The summed E-state index contributed by atoms with van der Waals surface area (Å²) in [4.78, 5) is 11.3. The third-order valence-corrected chi connectivity index (χ3v) is 2.10. The standard InChI is InChI=1S/C11H8O/c1-2-8-7-11(12)10-6-4-3-5-9(8)10/h3-6H,1,7H2. The van der Waals surface area contributed by atoms with Crippen molar-refractivity contribution in [2.24, 2.45) is 0 Å². The lowest BCUT2D eigenvalue weighted by Gasteiger charge is -1.93. The second-order valence-electron chi connectivity index (χ2n) is 2.80. The molecule has 0 aliphatic heterocycles. The van der Waals surface area contributed by atoms with Crippen molar-refractivity contribution in [3.05, 3.63) is 47.7 Å². The van der Waals surface area contributed by atoms with E-state index in [0.29, 0.717) is 6.42 Å². The molecule has 0 N–H and O–H groups in total. The van der Waals surface area contributed by atoms with E-state index < -0.39 is 0 Å². The van der Waals surface area contributed by atoms with Crippen molar-refractivity contribution in [2.45, 2.75) is 6.42 Å². The number of allylic oxidation sites excluding steroid dienone is 1. The fraction of sp³-hybridized carbons (Fsp3) is 0.0909. The number of fused-ring (bicyclic) bond motifs is 1. The summed E-state index contributed by atoms with van der Waals surface area (Å²) < 4.78 is 0. The third kappa shape index (κ3) is 0.843. The minimum Gasteiger partial charge on any atom is -0.294 e. The first-order valence-electron chi connectivity index (χ1n) is 3.84. The highest BCUT2D eigenvalue weighted by molar-refractivity contribution is 6.11. The fourth-order valence-corrected chi connectivity index (χ4v) is 1.50. The highest BCUT2D eigenvalue weighted by Gasteiger charge is 2.22. The predicted molar refractivity (Wildman–Crippen MR) is 47.9 cm³/mol. The number of carbonyl (C=O) groups excluding carboxylic acids is 1. The van der Waals surface area contributed by atoms with Gasteiger partial charge in [-0.15, -0.1) is 5.73 Å². The zero-order valence-corrected chi connectivity index (χ0v) is 6.63. The summed E-state index contributed by atoms with van der Waals surface area (Å²) in [5.41, 5.74) is 5.53. The number of hydrogen-bond acceptors (Lipinski definition) is 1. The quantitative estimate of drug-likeness (QED) is 0.527. The van der Waals surface area contributed by atoms with Gasteiger partial charge < -0.3 is 0 Å². The zero-order chi connectivity index (χ0) is 8.55. The van der Waals surface area contributed by atoms with Gasteiger partial charge in [0.05, 0.1) is 0 Å². The van der Waals surface area contributed by atoms with Gasteiger partial charge in [-0.05, 0) is 5.56 Å². The lowest BCUT2D eigenvalue weighted by molar-refractivity contribution is 0.100. The van der Waals surface area contributed by atoms with E-state index >= 15 is 0 Å². The van der Waals surface area contributed by atoms with Crippen LogP contribution < -0.4 is 0 Å². The number of rotatable bonds is 0. The molecule has 0 unspecified atom stereocenters. The van der Waals surface area contributed by atoms with Gasteiger partial charge in [-0.25, -0.2) is 0 Å². The maximum atomic E-state index is 11.3. The molecule has 0 heterocycles. The van der Waals surface area contributed by atoms with Gasteiger partial charge in [-0.1, -0.05) is 30.8 Å². The fourth-order valence-electron chi connectivity index (χ4n) is 1.50. The van der Waals surface area contributed by atoms with Crippen molar-refractivity contribution in [2.75, 3.05) is 0 Å². The number of hydrogen-bond donors (Lipinski definition) is 0. The van der Waals surface area contributed by atoms with Crippen molar-refractivity contribution >= 4 is 11.4 Å². The Bertz CT molecular complexity index is 395. The Labute approximate surface area is 71.0 Å². The summed E-state index contributed by atoms with van der Waals surface area (Å²) in [6.45, 7) is 3.56. The molecule has 1 aliphatic carbocycles. The summed E-state index contributed by atoms with van der Waals surface area (Å²) in [6, 6.07) is 7.59. The molecule has 0 saturated carbocycles. The van der Waals surface area contributed by atoms with Crippen LogP contribution in [0.4, 0.5) is 0 Å². The third-order valence-electron chi connectivity index (χ3n) is 2.10. The molecule has 0 amide bonds. The molecule has 0 fully saturated rings. The average Bonchev–Trinajstić information content (AvgIpc) is 2.44. The summed E-state index contributed by atoms with van der Waals surface area (Å²) in [5, 5.41) is 0. The Balaban J connectivity index is 2.73. The molecule has 2 rings (SSSR count). The van der Waals surface area contributed by atoms with Crippen LogP contribution in [0.5, 0.6) is 0 Å². The van der Waals surface area contributed by atoms with Gasteiger partial charge in [0.1, 0.15) is 0 Å². The molecule has 0 spiro atoms. The normalized spacial score (nSPS) is 14.3. The minimum atomic E-state index is 0.178. The van der Waals surface area contributed by atoms with E-state index in [1.54, 1.807) is 0 Å². The van der Waals surface area contributed by atoms with Crippen LogP contribution in [0.2, 0.25) is 0 Å². The van der Waals surface area contributed by atoms with Gasteiger partial charge in [0.25, 0.3) is 0 Å². The van der Waals surface area contributed by atoms with Crippen LogP contribution in [0.3, 0.4) is 0 Å². The van der Waals surface area contributed by atoms with Gasteiger partial charge in [-0.3, -0.25) is 4.79 Å². The molecule has 1 aromatic carbocycles. The average molecular weight is 156 g/mol. The van der Waals surface area contributed by atoms with E-state index in [9.17, 15) is 4.79 Å². The zero-order valence-electron chi connectivity index (χ0n) is 6.63. The number of benzene rings is 1. The van der Waals surface area contributed by atoms with Crippen LogP contribution in [-0.2, 0) is 0 Å². The number of Topliss-reactive ketones (excluding diaryl/α,β-unsaturated/α-hetero) is 1. The SMILES string of the molecule is C=C=C1CC(=O)c2ccccc21. The molecule has 1 heteroatoms. The minimum absolute atomic E-state index is 0.178. The molecule has 0 atom stereocenters. The van der Waals surface area contributed by atoms with Crippen LogP contribution in [0, 0.1) is 0 Å². The van der Waals surface area contributed by atoms with Crippen LogP contribution in [0.1, 0.15) is 22.3 Å². The summed E-state index contributed by atoms with van der Waals surface area (Å²) in [7, 11) is 0. The Morgan fingerprint density at radius 2 is 1.92 bits per heavy atom. The Morgan fingerprint density at radius 3 is 2.58 bits per heavy atom. The summed E-state index contributed by atoms with van der Waals surface area (Å²) in [6.07, 6.45) is 0.461. The van der Waals surface area contributed by atoms with Crippen molar-refractivity contribution in [3.63, 3.8) is 0 Å². The van der Waals surface area contributed by atoms with Crippen molar-refractivity contribution < 1.29 is 4.79 Å². The number of carbonyl (C=O) groups is 1. The van der Waals surface area contributed by atoms with Crippen LogP contribution in [0.15, 0.2) is 36.6 Å². The van der Waals surface area contributed by atoms with Crippen LogP contribution in [-0.4, -0.2) is 5.78 Å². The molecular formula is C11H8O. The van der Waals surface area contributed by atoms with Gasteiger partial charge in [-0.2, -0.15) is 0 Å². The van der Waals surface area contributed by atoms with Crippen molar-refractivity contribution in [3.8, 4) is 0 Å². The molecular weight excluding hydrogens is 148 g/mol. The highest BCUT2D eigenvalue weighted by atomic mass is 16.1. The molecule has 58 valence electrons. The van der Waals surface area contributed by atoms with Crippen LogP contribution >= 0.6 is 0 Å². The maximum absolute atomic E-state index is 11.3. The van der Waals surface area contributed by atoms with E-state index in [4.69, 9.17) is 0 Å². The second-order valence-corrected chi connectivity index (χ2v) is 2.80. The lowest BCUT2D eigenvalue weighted by atomic mass is 10.1. The molecule has 0 aromatic heterocycles. The van der Waals surface area contributed by atoms with E-state index in [2.05, 4.69) is 12.3 Å². The monoisotopic (exact) mass is 156 g/mol. The summed E-state index contributed by atoms with van der Waals surface area (Å²) in [5.74, 6) is 0.178. The van der Waals surface area contributed by atoms with Crippen molar-refractivity contribution in [1.29, 1.82) is 0 Å². The van der Waals surface area contributed by atoms with E-state index in [0.717, 1.165) is 16.7 Å². The van der Waals surface area contributed by atoms with Gasteiger partial charge >= 0.3 is 0 Å². The molecule has 0 radical (unpaired) electrons.